The molecule has 1 amide bonds. The highest BCUT2D eigenvalue weighted by molar-refractivity contribution is 6.03. The molecule has 6 heteroatoms. The number of pyridine rings is 3. The number of ether oxygens (including phenoxy) is 1. The Labute approximate surface area is 158 Å². The second-order valence-corrected chi connectivity index (χ2v) is 6.90. The predicted molar refractivity (Wildman–Crippen MR) is 104 cm³/mol. The Hall–Kier alpha value is -3.02. The van der Waals surface area contributed by atoms with Crippen molar-refractivity contribution in [2.45, 2.75) is 32.1 Å². The van der Waals surface area contributed by atoms with E-state index in [2.05, 4.69) is 20.3 Å². The molecule has 138 valence electrons. The lowest BCUT2D eigenvalue weighted by molar-refractivity contribution is 0.102. The number of hydrogen-bond acceptors (Lipinski definition) is 5. The van der Waals surface area contributed by atoms with Crippen molar-refractivity contribution in [1.29, 1.82) is 0 Å². The first kappa shape index (κ1) is 17.4. The molecule has 4 rings (SSSR count). The van der Waals surface area contributed by atoms with E-state index in [1.807, 2.05) is 12.1 Å². The topological polar surface area (TPSA) is 77.0 Å². The number of fused-ring (bicyclic) bond motifs is 1. The highest BCUT2D eigenvalue weighted by Gasteiger charge is 2.16. The maximum Gasteiger partial charge on any atom is 0.274 e. The van der Waals surface area contributed by atoms with E-state index in [-0.39, 0.29) is 5.91 Å². The van der Waals surface area contributed by atoms with E-state index in [0.29, 0.717) is 35.3 Å². The van der Waals surface area contributed by atoms with E-state index in [4.69, 9.17) is 4.74 Å². The molecule has 1 fully saturated rings. The smallest absolute Gasteiger partial charge is 0.274 e. The first-order valence-corrected chi connectivity index (χ1v) is 9.39. The number of nitrogens with zero attached hydrogens (tertiary/aromatic N) is 3. The molecule has 1 aliphatic carbocycles. The van der Waals surface area contributed by atoms with Gasteiger partial charge in [-0.15, -0.1) is 0 Å². The fraction of sp³-hybridized carbons (Fsp3) is 0.333. The Balaban J connectivity index is 1.48. The Morgan fingerprint density at radius 3 is 2.78 bits per heavy atom. The number of anilines is 1. The van der Waals surface area contributed by atoms with Crippen LogP contribution >= 0.6 is 0 Å². The van der Waals surface area contributed by atoms with Gasteiger partial charge in [-0.25, -0.2) is 9.97 Å². The molecule has 1 N–H and O–H groups in total. The third-order valence-electron chi connectivity index (χ3n) is 4.90. The van der Waals surface area contributed by atoms with E-state index >= 15 is 0 Å². The van der Waals surface area contributed by atoms with Crippen LogP contribution in [0.5, 0.6) is 5.88 Å². The van der Waals surface area contributed by atoms with Crippen LogP contribution in [0.15, 0.2) is 48.9 Å². The van der Waals surface area contributed by atoms with Crippen molar-refractivity contribution in [2.75, 3.05) is 11.9 Å². The fourth-order valence-corrected chi connectivity index (χ4v) is 3.45. The number of nitrogens with one attached hydrogen (secondary N) is 1. The van der Waals surface area contributed by atoms with Crippen LogP contribution in [-0.4, -0.2) is 27.5 Å². The summed E-state index contributed by atoms with van der Waals surface area (Å²) in [4.78, 5) is 25.1. The molecule has 0 radical (unpaired) electrons. The number of amides is 1. The number of carbonyl (C=O) groups is 1. The molecule has 0 atom stereocenters. The minimum atomic E-state index is -0.264. The molecule has 0 aromatic carbocycles. The van der Waals surface area contributed by atoms with Gasteiger partial charge in [0.1, 0.15) is 11.2 Å². The molecule has 3 heterocycles. The second-order valence-electron chi connectivity index (χ2n) is 6.90. The molecule has 27 heavy (non-hydrogen) atoms. The molecular weight excluding hydrogens is 340 g/mol. The third-order valence-corrected chi connectivity index (χ3v) is 4.90. The summed E-state index contributed by atoms with van der Waals surface area (Å²) >= 11 is 0. The first-order valence-electron chi connectivity index (χ1n) is 9.39. The van der Waals surface area contributed by atoms with E-state index in [0.717, 1.165) is 5.39 Å². The van der Waals surface area contributed by atoms with Gasteiger partial charge < -0.3 is 10.1 Å². The standard InChI is InChI=1S/C21H22N4O2/c26-20(18-8-4-5-10-22-18)25-17-12-16-9-11-23-21(19(16)24-13-17)27-14-15-6-2-1-3-7-15/h4-5,8-13,15H,1-3,6-7,14H2,(H,25,26). The van der Waals surface area contributed by atoms with Gasteiger partial charge in [-0.1, -0.05) is 25.3 Å². The number of rotatable bonds is 5. The van der Waals surface area contributed by atoms with Crippen LogP contribution in [0.1, 0.15) is 42.6 Å². The molecule has 3 aromatic heterocycles. The minimum Gasteiger partial charge on any atom is -0.476 e. The molecule has 0 spiro atoms. The summed E-state index contributed by atoms with van der Waals surface area (Å²) in [5, 5.41) is 3.71. The fourth-order valence-electron chi connectivity index (χ4n) is 3.45. The van der Waals surface area contributed by atoms with Crippen LogP contribution in [0.3, 0.4) is 0 Å². The monoisotopic (exact) mass is 362 g/mol. The van der Waals surface area contributed by atoms with Crippen molar-refractivity contribution < 1.29 is 9.53 Å². The van der Waals surface area contributed by atoms with E-state index in [9.17, 15) is 4.79 Å². The summed E-state index contributed by atoms with van der Waals surface area (Å²) in [6, 6.07) is 8.97. The van der Waals surface area contributed by atoms with Crippen molar-refractivity contribution in [3.05, 3.63) is 54.6 Å². The number of aromatic nitrogens is 3. The SMILES string of the molecule is O=C(Nc1cnc2c(OCC3CCCCC3)nccc2c1)c1ccccn1. The molecule has 3 aromatic rings. The van der Waals surface area contributed by atoms with Crippen molar-refractivity contribution in [2.24, 2.45) is 5.92 Å². The maximum atomic E-state index is 12.3. The van der Waals surface area contributed by atoms with Gasteiger partial charge in [0.25, 0.3) is 5.91 Å². The average molecular weight is 362 g/mol. The van der Waals surface area contributed by atoms with Crippen LogP contribution in [0, 0.1) is 5.92 Å². The van der Waals surface area contributed by atoms with Gasteiger partial charge in [-0.05, 0) is 43.0 Å². The van der Waals surface area contributed by atoms with Crippen molar-refractivity contribution >= 4 is 22.5 Å². The summed E-state index contributed by atoms with van der Waals surface area (Å²) < 4.78 is 5.98. The van der Waals surface area contributed by atoms with Crippen molar-refractivity contribution in [1.82, 2.24) is 15.0 Å². The second kappa shape index (κ2) is 8.12. The van der Waals surface area contributed by atoms with E-state index in [1.54, 1.807) is 36.8 Å². The lowest BCUT2D eigenvalue weighted by Crippen LogP contribution is -2.16. The Bertz CT molecular complexity index is 924. The van der Waals surface area contributed by atoms with Crippen LogP contribution in [-0.2, 0) is 0 Å². The highest BCUT2D eigenvalue weighted by atomic mass is 16.5. The maximum absolute atomic E-state index is 12.3. The molecule has 6 nitrogen and oxygen atoms in total. The van der Waals surface area contributed by atoms with Crippen molar-refractivity contribution in [3.8, 4) is 5.88 Å². The van der Waals surface area contributed by atoms with Gasteiger partial charge in [0.15, 0.2) is 0 Å². The van der Waals surface area contributed by atoms with Crippen LogP contribution in [0.2, 0.25) is 0 Å². The Morgan fingerprint density at radius 2 is 1.96 bits per heavy atom. The largest absolute Gasteiger partial charge is 0.476 e. The summed E-state index contributed by atoms with van der Waals surface area (Å²) in [5.41, 5.74) is 1.69. The first-order chi connectivity index (χ1) is 13.3. The third kappa shape index (κ3) is 4.22. The number of carbonyl (C=O) groups excluding carboxylic acids is 1. The van der Waals surface area contributed by atoms with E-state index in [1.165, 1.54) is 32.1 Å². The van der Waals surface area contributed by atoms with Crippen LogP contribution < -0.4 is 10.1 Å². The predicted octanol–water partition coefficient (Wildman–Crippen LogP) is 4.24. The lowest BCUT2D eigenvalue weighted by Gasteiger charge is -2.21. The van der Waals surface area contributed by atoms with Crippen LogP contribution in [0.4, 0.5) is 5.69 Å². The summed E-state index contributed by atoms with van der Waals surface area (Å²) in [7, 11) is 0. The van der Waals surface area contributed by atoms with Crippen LogP contribution in [0.25, 0.3) is 10.9 Å². The van der Waals surface area contributed by atoms with Gasteiger partial charge in [-0.2, -0.15) is 0 Å². The molecule has 0 saturated heterocycles. The van der Waals surface area contributed by atoms with Gasteiger partial charge >= 0.3 is 0 Å². The average Bonchev–Trinajstić information content (AvgIpc) is 2.73. The summed E-state index contributed by atoms with van der Waals surface area (Å²) in [5.74, 6) is 0.896. The Kier molecular flexibility index (Phi) is 5.23. The molecule has 0 bridgehead atoms. The minimum absolute atomic E-state index is 0.264. The zero-order valence-electron chi connectivity index (χ0n) is 15.1. The van der Waals surface area contributed by atoms with Gasteiger partial charge in [0.05, 0.1) is 18.5 Å². The molecular formula is C21H22N4O2. The molecule has 0 aliphatic heterocycles. The van der Waals surface area contributed by atoms with Gasteiger partial charge in [0, 0.05) is 17.8 Å². The Morgan fingerprint density at radius 1 is 1.07 bits per heavy atom. The number of hydrogen-bond donors (Lipinski definition) is 1. The summed E-state index contributed by atoms with van der Waals surface area (Å²) in [6.45, 7) is 0.686. The van der Waals surface area contributed by atoms with E-state index < -0.39 is 0 Å². The normalized spacial score (nSPS) is 14.8. The molecule has 0 unspecified atom stereocenters. The van der Waals surface area contributed by atoms with Gasteiger partial charge in [0.2, 0.25) is 5.88 Å². The molecule has 1 saturated carbocycles. The lowest BCUT2D eigenvalue weighted by atomic mass is 9.90. The zero-order chi connectivity index (χ0) is 18.5. The van der Waals surface area contributed by atoms with Gasteiger partial charge in [-0.3, -0.25) is 9.78 Å². The van der Waals surface area contributed by atoms with Crippen molar-refractivity contribution in [3.63, 3.8) is 0 Å². The quantitative estimate of drug-likeness (QED) is 0.735. The molecule has 1 aliphatic rings. The summed E-state index contributed by atoms with van der Waals surface area (Å²) in [6.07, 6.45) is 11.3. The highest BCUT2D eigenvalue weighted by Crippen LogP contribution is 2.27. The zero-order valence-corrected chi connectivity index (χ0v) is 15.1.